The van der Waals surface area contributed by atoms with E-state index in [-0.39, 0.29) is 12.5 Å². The average molecular weight is 276 g/mol. The minimum atomic E-state index is -0.0458. The Labute approximate surface area is 120 Å². The molecule has 0 heterocycles. The minimum absolute atomic E-state index is 0.0458. The number of carbonyl (C=O) groups excluding carboxylic acids is 1. The number of hydrogen-bond acceptors (Lipinski definition) is 3. The highest BCUT2D eigenvalue weighted by Crippen LogP contribution is 2.23. The van der Waals surface area contributed by atoms with Crippen molar-refractivity contribution < 1.29 is 9.53 Å². The smallest absolute Gasteiger partial charge is 0.258 e. The van der Waals surface area contributed by atoms with Gasteiger partial charge in [0.25, 0.3) is 5.91 Å². The van der Waals surface area contributed by atoms with Crippen LogP contribution in [0.15, 0.2) is 24.3 Å². The molecule has 0 spiro atoms. The van der Waals surface area contributed by atoms with E-state index in [4.69, 9.17) is 10.5 Å². The molecule has 3 N–H and O–H groups in total. The molecule has 0 bridgehead atoms. The van der Waals surface area contributed by atoms with Gasteiger partial charge in [-0.05, 0) is 24.8 Å². The van der Waals surface area contributed by atoms with Crippen LogP contribution in [0.4, 0.5) is 0 Å². The zero-order valence-corrected chi connectivity index (χ0v) is 12.1. The van der Waals surface area contributed by atoms with Crippen LogP contribution in [0.25, 0.3) is 0 Å². The maximum absolute atomic E-state index is 12.0. The number of hydrogen-bond donors (Lipinski definition) is 2. The van der Waals surface area contributed by atoms with Crippen LogP contribution in [0.2, 0.25) is 0 Å². The summed E-state index contributed by atoms with van der Waals surface area (Å²) in [7, 11) is 0. The first kappa shape index (κ1) is 14.9. The molecule has 1 saturated carbocycles. The van der Waals surface area contributed by atoms with Crippen LogP contribution in [-0.2, 0) is 11.3 Å². The van der Waals surface area contributed by atoms with Gasteiger partial charge in [-0.25, -0.2) is 0 Å². The van der Waals surface area contributed by atoms with E-state index in [9.17, 15) is 4.79 Å². The van der Waals surface area contributed by atoms with Crippen LogP contribution in [0.3, 0.4) is 0 Å². The third-order valence-corrected chi connectivity index (χ3v) is 4.01. The van der Waals surface area contributed by atoms with E-state index in [1.165, 1.54) is 19.3 Å². The van der Waals surface area contributed by atoms with Gasteiger partial charge in [0.2, 0.25) is 0 Å². The Kier molecular flexibility index (Phi) is 5.41. The Morgan fingerprint density at radius 1 is 1.35 bits per heavy atom. The van der Waals surface area contributed by atoms with E-state index >= 15 is 0 Å². The second-order valence-corrected chi connectivity index (χ2v) is 5.54. The van der Waals surface area contributed by atoms with Crippen LogP contribution >= 0.6 is 0 Å². The number of para-hydroxylation sites is 1. The first-order valence-electron chi connectivity index (χ1n) is 7.41. The molecule has 1 amide bonds. The lowest BCUT2D eigenvalue weighted by Crippen LogP contribution is -2.43. The van der Waals surface area contributed by atoms with Gasteiger partial charge in [0.05, 0.1) is 0 Å². The second-order valence-electron chi connectivity index (χ2n) is 5.54. The third kappa shape index (κ3) is 3.97. The summed E-state index contributed by atoms with van der Waals surface area (Å²) in [5.74, 6) is 1.21. The van der Waals surface area contributed by atoms with Crippen LogP contribution in [0.5, 0.6) is 5.75 Å². The van der Waals surface area contributed by atoms with E-state index in [1.54, 1.807) is 0 Å². The predicted octanol–water partition coefficient (Wildman–Crippen LogP) is 2.22. The lowest BCUT2D eigenvalue weighted by Gasteiger charge is -2.29. The van der Waals surface area contributed by atoms with Gasteiger partial charge in [0, 0.05) is 18.2 Å². The molecule has 1 aliphatic rings. The highest BCUT2D eigenvalue weighted by atomic mass is 16.5. The van der Waals surface area contributed by atoms with Crippen LogP contribution in [-0.4, -0.2) is 18.6 Å². The molecule has 0 aromatic heterocycles. The number of carbonyl (C=O) groups is 1. The van der Waals surface area contributed by atoms with Crippen molar-refractivity contribution in [2.45, 2.75) is 45.2 Å². The van der Waals surface area contributed by atoms with Crippen LogP contribution < -0.4 is 15.8 Å². The maximum Gasteiger partial charge on any atom is 0.258 e. The molecule has 2 rings (SSSR count). The topological polar surface area (TPSA) is 64.3 Å². The number of nitrogens with two attached hydrogens (primary N) is 1. The van der Waals surface area contributed by atoms with Gasteiger partial charge in [-0.15, -0.1) is 0 Å². The number of rotatable bonds is 5. The molecule has 20 heavy (non-hydrogen) atoms. The monoisotopic (exact) mass is 276 g/mol. The lowest BCUT2D eigenvalue weighted by atomic mass is 9.86. The molecule has 1 aliphatic carbocycles. The normalized spacial score (nSPS) is 22.3. The molecule has 4 heteroatoms. The van der Waals surface area contributed by atoms with Crippen molar-refractivity contribution in [1.82, 2.24) is 5.32 Å². The lowest BCUT2D eigenvalue weighted by molar-refractivity contribution is -0.124. The van der Waals surface area contributed by atoms with Gasteiger partial charge in [-0.3, -0.25) is 4.79 Å². The largest absolute Gasteiger partial charge is 0.483 e. The van der Waals surface area contributed by atoms with Gasteiger partial charge in [-0.2, -0.15) is 0 Å². The molecule has 110 valence electrons. The van der Waals surface area contributed by atoms with Crippen molar-refractivity contribution in [3.63, 3.8) is 0 Å². The Balaban J connectivity index is 1.82. The molecule has 2 unspecified atom stereocenters. The molecule has 1 aromatic carbocycles. The Morgan fingerprint density at radius 2 is 2.10 bits per heavy atom. The predicted molar refractivity (Wildman–Crippen MR) is 79.4 cm³/mol. The van der Waals surface area contributed by atoms with Gasteiger partial charge < -0.3 is 15.8 Å². The third-order valence-electron chi connectivity index (χ3n) is 4.01. The summed E-state index contributed by atoms with van der Waals surface area (Å²) >= 11 is 0. The van der Waals surface area contributed by atoms with E-state index < -0.39 is 0 Å². The molecule has 1 fully saturated rings. The van der Waals surface area contributed by atoms with Crippen molar-refractivity contribution in [2.75, 3.05) is 6.61 Å². The first-order chi connectivity index (χ1) is 9.70. The summed E-state index contributed by atoms with van der Waals surface area (Å²) in [6.07, 6.45) is 4.74. The molecular weight excluding hydrogens is 252 g/mol. The number of amides is 1. The number of nitrogens with one attached hydrogen (secondary N) is 1. The fraction of sp³-hybridized carbons (Fsp3) is 0.562. The van der Waals surface area contributed by atoms with Gasteiger partial charge in [0.15, 0.2) is 6.61 Å². The zero-order valence-electron chi connectivity index (χ0n) is 12.1. The quantitative estimate of drug-likeness (QED) is 0.866. The number of benzene rings is 1. The highest BCUT2D eigenvalue weighted by Gasteiger charge is 2.22. The van der Waals surface area contributed by atoms with Crippen molar-refractivity contribution in [3.8, 4) is 5.75 Å². The zero-order chi connectivity index (χ0) is 14.4. The fourth-order valence-electron chi connectivity index (χ4n) is 2.74. The van der Waals surface area contributed by atoms with Gasteiger partial charge in [0.1, 0.15) is 5.75 Å². The molecule has 1 aromatic rings. The molecular formula is C16H24N2O2. The second kappa shape index (κ2) is 7.29. The Hall–Kier alpha value is -1.55. The van der Waals surface area contributed by atoms with E-state index in [1.807, 2.05) is 24.3 Å². The molecule has 0 radical (unpaired) electrons. The summed E-state index contributed by atoms with van der Waals surface area (Å²) in [5.41, 5.74) is 6.57. The van der Waals surface area contributed by atoms with Crippen molar-refractivity contribution in [1.29, 1.82) is 0 Å². The number of ether oxygens (including phenoxy) is 1. The Morgan fingerprint density at radius 3 is 2.85 bits per heavy atom. The fourth-order valence-corrected chi connectivity index (χ4v) is 2.74. The summed E-state index contributed by atoms with van der Waals surface area (Å²) in [6.45, 7) is 2.67. The summed E-state index contributed by atoms with van der Waals surface area (Å²) in [4.78, 5) is 12.0. The first-order valence-corrected chi connectivity index (χ1v) is 7.41. The van der Waals surface area contributed by atoms with Crippen molar-refractivity contribution in [3.05, 3.63) is 29.8 Å². The molecule has 2 atom stereocenters. The SMILES string of the molecule is CC1CCCCC1NC(=O)COc1ccccc1CN. The maximum atomic E-state index is 12.0. The minimum Gasteiger partial charge on any atom is -0.483 e. The molecule has 0 aliphatic heterocycles. The molecule has 0 saturated heterocycles. The van der Waals surface area contributed by atoms with E-state index in [0.29, 0.717) is 24.3 Å². The van der Waals surface area contributed by atoms with Gasteiger partial charge >= 0.3 is 0 Å². The molecule has 4 nitrogen and oxygen atoms in total. The van der Waals surface area contributed by atoms with E-state index in [2.05, 4.69) is 12.2 Å². The Bertz CT molecular complexity index is 448. The van der Waals surface area contributed by atoms with Crippen molar-refractivity contribution in [2.24, 2.45) is 11.7 Å². The van der Waals surface area contributed by atoms with Crippen molar-refractivity contribution >= 4 is 5.91 Å². The summed E-state index contributed by atoms with van der Waals surface area (Å²) < 4.78 is 5.57. The standard InChI is InChI=1S/C16H24N2O2/c1-12-6-2-4-8-14(12)18-16(19)11-20-15-9-5-3-7-13(15)10-17/h3,5,7,9,12,14H,2,4,6,8,10-11,17H2,1H3,(H,18,19). The average Bonchev–Trinajstić information content (AvgIpc) is 2.48. The van der Waals surface area contributed by atoms with Crippen LogP contribution in [0.1, 0.15) is 38.2 Å². The van der Waals surface area contributed by atoms with Gasteiger partial charge in [-0.1, -0.05) is 38.0 Å². The van der Waals surface area contributed by atoms with E-state index in [0.717, 1.165) is 12.0 Å². The highest BCUT2D eigenvalue weighted by molar-refractivity contribution is 5.77. The van der Waals surface area contributed by atoms with Crippen LogP contribution in [0, 0.1) is 5.92 Å². The summed E-state index contributed by atoms with van der Waals surface area (Å²) in [6, 6.07) is 7.86. The summed E-state index contributed by atoms with van der Waals surface area (Å²) in [5, 5.41) is 3.08.